The summed E-state index contributed by atoms with van der Waals surface area (Å²) in [5.41, 5.74) is 5.92. The molecule has 0 spiro atoms. The number of anilines is 1. The summed E-state index contributed by atoms with van der Waals surface area (Å²) in [7, 11) is -3.41. The number of phenols is 1. The zero-order valence-electron chi connectivity index (χ0n) is 14.6. The zero-order chi connectivity index (χ0) is 17.9. The Labute approximate surface area is 142 Å². The van der Waals surface area contributed by atoms with Gasteiger partial charge in [-0.25, -0.2) is 15.0 Å². The highest BCUT2D eigenvalue weighted by molar-refractivity contribution is 7.54. The third kappa shape index (κ3) is 4.08. The number of pyridine rings is 1. The van der Waals surface area contributed by atoms with Crippen molar-refractivity contribution in [2.45, 2.75) is 34.6 Å². The molecule has 0 amide bonds. The van der Waals surface area contributed by atoms with Crippen LogP contribution in [0.15, 0.2) is 24.4 Å². The van der Waals surface area contributed by atoms with E-state index in [1.165, 1.54) is 0 Å². The molecule has 0 aliphatic heterocycles. The monoisotopic (exact) mass is 350 g/mol. The van der Waals surface area contributed by atoms with E-state index in [1.54, 1.807) is 39.1 Å². The number of rotatable bonds is 6. The molecule has 0 bridgehead atoms. The fraction of sp³-hybridized carbons (Fsp3) is 0.353. The number of benzene rings is 1. The SMILES string of the molecule is CCP(=O)(ONc1nccc(C)c1C)Oc1cc(C)c(O)c(C)c1. The summed E-state index contributed by atoms with van der Waals surface area (Å²) in [5, 5.41) is 9.82. The first-order chi connectivity index (χ1) is 11.3. The van der Waals surface area contributed by atoms with Crippen molar-refractivity contribution in [3.05, 3.63) is 46.6 Å². The first kappa shape index (κ1) is 18.3. The van der Waals surface area contributed by atoms with Crippen molar-refractivity contribution in [1.29, 1.82) is 0 Å². The number of phenolic OH excluding ortho intramolecular Hbond substituents is 1. The Morgan fingerprint density at radius 1 is 1.17 bits per heavy atom. The summed E-state index contributed by atoms with van der Waals surface area (Å²) in [6.07, 6.45) is 1.84. The van der Waals surface area contributed by atoms with Gasteiger partial charge in [0, 0.05) is 6.20 Å². The Morgan fingerprint density at radius 3 is 2.38 bits per heavy atom. The minimum atomic E-state index is -3.41. The molecule has 0 radical (unpaired) electrons. The van der Waals surface area contributed by atoms with Crippen LogP contribution in [0.25, 0.3) is 0 Å². The number of hydrogen-bond acceptors (Lipinski definition) is 6. The molecule has 1 heterocycles. The third-order valence-electron chi connectivity index (χ3n) is 3.85. The molecule has 1 atom stereocenters. The highest BCUT2D eigenvalue weighted by atomic mass is 31.2. The van der Waals surface area contributed by atoms with E-state index in [4.69, 9.17) is 9.15 Å². The molecule has 2 rings (SSSR count). The van der Waals surface area contributed by atoms with Crippen molar-refractivity contribution in [3.63, 3.8) is 0 Å². The van der Waals surface area contributed by atoms with Crippen molar-refractivity contribution in [2.24, 2.45) is 0 Å². The van der Waals surface area contributed by atoms with Gasteiger partial charge in [-0.2, -0.15) is 4.62 Å². The lowest BCUT2D eigenvalue weighted by Gasteiger charge is -2.19. The number of aryl methyl sites for hydroxylation is 3. The fourth-order valence-corrected chi connectivity index (χ4v) is 3.07. The minimum absolute atomic E-state index is 0.184. The number of aromatic hydroxyl groups is 1. The first-order valence-corrected chi connectivity index (χ1v) is 9.44. The van der Waals surface area contributed by atoms with Gasteiger partial charge in [0.05, 0.1) is 6.16 Å². The lowest BCUT2D eigenvalue weighted by molar-refractivity contribution is 0.317. The van der Waals surface area contributed by atoms with Crippen LogP contribution in [-0.2, 0) is 9.19 Å². The normalized spacial score (nSPS) is 13.4. The van der Waals surface area contributed by atoms with Crippen LogP contribution in [0.4, 0.5) is 5.82 Å². The third-order valence-corrected chi connectivity index (χ3v) is 5.49. The quantitative estimate of drug-likeness (QED) is 0.583. The Morgan fingerprint density at radius 2 is 1.79 bits per heavy atom. The predicted molar refractivity (Wildman–Crippen MR) is 94.8 cm³/mol. The molecule has 6 nitrogen and oxygen atoms in total. The zero-order valence-corrected chi connectivity index (χ0v) is 15.5. The lowest BCUT2D eigenvalue weighted by Crippen LogP contribution is -2.08. The molecular weight excluding hydrogens is 327 g/mol. The Bertz CT molecular complexity index is 769. The van der Waals surface area contributed by atoms with Gasteiger partial charge in [0.2, 0.25) is 0 Å². The van der Waals surface area contributed by atoms with E-state index >= 15 is 0 Å². The second-order valence-electron chi connectivity index (χ2n) is 5.72. The van der Waals surface area contributed by atoms with Crippen LogP contribution in [-0.4, -0.2) is 16.3 Å². The second kappa shape index (κ2) is 7.24. The van der Waals surface area contributed by atoms with Crippen LogP contribution in [0.1, 0.15) is 29.2 Å². The van der Waals surface area contributed by atoms with Crippen LogP contribution in [0.2, 0.25) is 0 Å². The van der Waals surface area contributed by atoms with Crippen molar-refractivity contribution in [1.82, 2.24) is 4.98 Å². The van der Waals surface area contributed by atoms with E-state index in [-0.39, 0.29) is 11.9 Å². The smallest absolute Gasteiger partial charge is 0.400 e. The molecule has 7 heteroatoms. The summed E-state index contributed by atoms with van der Waals surface area (Å²) in [5.74, 6) is 1.10. The molecular formula is C17H23N2O4P. The molecule has 1 aromatic carbocycles. The highest BCUT2D eigenvalue weighted by Crippen LogP contribution is 2.48. The number of aromatic nitrogens is 1. The predicted octanol–water partition coefficient (Wildman–Crippen LogP) is 4.66. The number of nitrogens with one attached hydrogen (secondary N) is 1. The first-order valence-electron chi connectivity index (χ1n) is 7.71. The Hall–Kier alpha value is -2.04. The molecule has 0 saturated heterocycles. The van der Waals surface area contributed by atoms with E-state index < -0.39 is 7.60 Å². The van der Waals surface area contributed by atoms with Gasteiger partial charge in [-0.3, -0.25) is 0 Å². The minimum Gasteiger partial charge on any atom is -0.507 e. The van der Waals surface area contributed by atoms with E-state index in [1.807, 2.05) is 19.9 Å². The Kier molecular flexibility index (Phi) is 5.52. The second-order valence-corrected chi connectivity index (χ2v) is 7.94. The summed E-state index contributed by atoms with van der Waals surface area (Å²) in [4.78, 5) is 4.18. The summed E-state index contributed by atoms with van der Waals surface area (Å²) in [6, 6.07) is 5.15. The molecule has 0 fully saturated rings. The molecule has 0 aliphatic rings. The average Bonchev–Trinajstić information content (AvgIpc) is 2.54. The largest absolute Gasteiger partial charge is 0.507 e. The van der Waals surface area contributed by atoms with Gasteiger partial charge in [0.1, 0.15) is 11.5 Å². The van der Waals surface area contributed by atoms with Crippen molar-refractivity contribution in [2.75, 3.05) is 11.6 Å². The van der Waals surface area contributed by atoms with Gasteiger partial charge in [0.25, 0.3) is 0 Å². The molecule has 24 heavy (non-hydrogen) atoms. The maximum absolute atomic E-state index is 12.8. The Balaban J connectivity index is 2.17. The summed E-state index contributed by atoms with van der Waals surface area (Å²) >= 11 is 0. The molecule has 1 unspecified atom stereocenters. The number of nitrogens with zero attached hydrogens (tertiary/aromatic N) is 1. The topological polar surface area (TPSA) is 80.7 Å². The highest BCUT2D eigenvalue weighted by Gasteiger charge is 2.25. The lowest BCUT2D eigenvalue weighted by atomic mass is 10.1. The molecule has 1 aromatic heterocycles. The van der Waals surface area contributed by atoms with Crippen LogP contribution >= 0.6 is 7.60 Å². The summed E-state index contributed by atoms with van der Waals surface area (Å²) in [6.45, 7) is 9.09. The fourth-order valence-electron chi connectivity index (χ4n) is 2.13. The van der Waals surface area contributed by atoms with Crippen molar-refractivity contribution < 1.29 is 18.8 Å². The molecule has 0 aliphatic carbocycles. The van der Waals surface area contributed by atoms with Crippen molar-refractivity contribution >= 4 is 13.4 Å². The van der Waals surface area contributed by atoms with E-state index in [0.29, 0.717) is 22.7 Å². The molecule has 2 N–H and O–H groups in total. The van der Waals surface area contributed by atoms with Gasteiger partial charge in [-0.05, 0) is 68.1 Å². The van der Waals surface area contributed by atoms with Crippen LogP contribution < -0.4 is 10.0 Å². The molecule has 2 aromatic rings. The average molecular weight is 350 g/mol. The van der Waals surface area contributed by atoms with E-state index in [0.717, 1.165) is 11.1 Å². The summed E-state index contributed by atoms with van der Waals surface area (Å²) < 4.78 is 23.8. The molecule has 0 saturated carbocycles. The maximum Gasteiger partial charge on any atom is 0.400 e. The van der Waals surface area contributed by atoms with Crippen LogP contribution in [0.3, 0.4) is 0 Å². The number of hydrogen-bond donors (Lipinski definition) is 2. The van der Waals surface area contributed by atoms with Crippen LogP contribution in [0, 0.1) is 27.7 Å². The van der Waals surface area contributed by atoms with Gasteiger partial charge in [0.15, 0.2) is 5.82 Å². The van der Waals surface area contributed by atoms with Crippen LogP contribution in [0.5, 0.6) is 11.5 Å². The van der Waals surface area contributed by atoms with E-state index in [9.17, 15) is 9.67 Å². The maximum atomic E-state index is 12.8. The van der Waals surface area contributed by atoms with Gasteiger partial charge < -0.3 is 9.63 Å². The molecule has 130 valence electrons. The standard InChI is InChI=1S/C17H23N2O4P/c1-6-24(21,22-15-9-12(3)16(20)13(4)10-15)23-19-17-14(5)11(2)7-8-18-17/h7-10,20H,6H2,1-5H3,(H,18,19). The van der Waals surface area contributed by atoms with Gasteiger partial charge in [-0.1, -0.05) is 6.92 Å². The van der Waals surface area contributed by atoms with Gasteiger partial charge in [-0.15, -0.1) is 0 Å². The van der Waals surface area contributed by atoms with Gasteiger partial charge >= 0.3 is 7.60 Å². The van der Waals surface area contributed by atoms with E-state index in [2.05, 4.69) is 10.5 Å². The van der Waals surface area contributed by atoms with Crippen molar-refractivity contribution in [3.8, 4) is 11.5 Å².